The van der Waals surface area contributed by atoms with Crippen LogP contribution in [0.25, 0.3) is 17.1 Å². The number of benzene rings is 3. The molecule has 0 atom stereocenters. The Hall–Kier alpha value is -3.67. The zero-order chi connectivity index (χ0) is 22.5. The number of nitriles is 1. The molecule has 158 valence electrons. The van der Waals surface area contributed by atoms with Crippen LogP contribution in [0.5, 0.6) is 0 Å². The van der Waals surface area contributed by atoms with Crippen molar-refractivity contribution in [2.75, 3.05) is 11.1 Å². The number of carbonyl (C=O) groups excluding carboxylic acids is 1. The lowest BCUT2D eigenvalue weighted by molar-refractivity contribution is -0.113. The topological polar surface area (TPSA) is 83.6 Å². The normalized spacial score (nSPS) is 10.5. The van der Waals surface area contributed by atoms with E-state index in [1.807, 2.05) is 36.4 Å². The molecule has 0 bridgehead atoms. The van der Waals surface area contributed by atoms with Gasteiger partial charge in [0.1, 0.15) is 11.9 Å². The van der Waals surface area contributed by atoms with Gasteiger partial charge in [0.25, 0.3) is 0 Å². The van der Waals surface area contributed by atoms with E-state index in [0.717, 1.165) is 5.69 Å². The van der Waals surface area contributed by atoms with Crippen LogP contribution in [-0.4, -0.2) is 26.4 Å². The number of hydrogen-bond acceptors (Lipinski definition) is 5. The molecule has 1 aromatic heterocycles. The van der Waals surface area contributed by atoms with Crippen molar-refractivity contribution in [3.05, 3.63) is 89.2 Å². The fraction of sp³-hybridized carbons (Fsp3) is 0.0435. The summed E-state index contributed by atoms with van der Waals surface area (Å²) in [5, 5.41) is 20.8. The lowest BCUT2D eigenvalue weighted by atomic mass is 10.2. The summed E-state index contributed by atoms with van der Waals surface area (Å²) >= 11 is 7.19. The van der Waals surface area contributed by atoms with Crippen LogP contribution in [0.15, 0.2) is 78.0 Å². The highest BCUT2D eigenvalue weighted by Gasteiger charge is 2.19. The predicted octanol–water partition coefficient (Wildman–Crippen LogP) is 5.33. The van der Waals surface area contributed by atoms with Crippen molar-refractivity contribution in [1.82, 2.24) is 14.8 Å². The third-order valence-corrected chi connectivity index (χ3v) is 5.71. The van der Waals surface area contributed by atoms with Gasteiger partial charge in [0.15, 0.2) is 11.0 Å². The SMILES string of the molecule is N#Cc1ccc(NC(=O)CSc2nnc(-c3ccccc3F)n2-c2ccccc2)cc1Cl. The van der Waals surface area contributed by atoms with Crippen molar-refractivity contribution in [2.24, 2.45) is 0 Å². The van der Waals surface area contributed by atoms with E-state index in [4.69, 9.17) is 16.9 Å². The maximum Gasteiger partial charge on any atom is 0.234 e. The Labute approximate surface area is 192 Å². The summed E-state index contributed by atoms with van der Waals surface area (Å²) < 4.78 is 16.2. The van der Waals surface area contributed by atoms with Crippen molar-refractivity contribution >= 4 is 35.0 Å². The van der Waals surface area contributed by atoms with Crippen molar-refractivity contribution in [3.8, 4) is 23.1 Å². The lowest BCUT2D eigenvalue weighted by Crippen LogP contribution is -2.14. The van der Waals surface area contributed by atoms with Crippen LogP contribution in [0.1, 0.15) is 5.56 Å². The van der Waals surface area contributed by atoms with Gasteiger partial charge in [-0.25, -0.2) is 4.39 Å². The van der Waals surface area contributed by atoms with Gasteiger partial charge in [0.05, 0.1) is 21.9 Å². The third-order valence-electron chi connectivity index (χ3n) is 4.47. The van der Waals surface area contributed by atoms with Crippen LogP contribution in [0.4, 0.5) is 10.1 Å². The van der Waals surface area contributed by atoms with Crippen molar-refractivity contribution in [1.29, 1.82) is 5.26 Å². The number of rotatable bonds is 6. The Balaban J connectivity index is 1.58. The molecule has 32 heavy (non-hydrogen) atoms. The van der Waals surface area contributed by atoms with Gasteiger partial charge in [-0.2, -0.15) is 5.26 Å². The Bertz CT molecular complexity index is 1320. The zero-order valence-corrected chi connectivity index (χ0v) is 18.1. The average Bonchev–Trinajstić information content (AvgIpc) is 3.22. The van der Waals surface area contributed by atoms with Gasteiger partial charge in [-0.05, 0) is 42.5 Å². The van der Waals surface area contributed by atoms with E-state index in [9.17, 15) is 9.18 Å². The molecule has 1 heterocycles. The van der Waals surface area contributed by atoms with Gasteiger partial charge >= 0.3 is 0 Å². The molecule has 4 rings (SSSR count). The number of hydrogen-bond donors (Lipinski definition) is 1. The maximum atomic E-state index is 14.4. The summed E-state index contributed by atoms with van der Waals surface area (Å²) in [6.07, 6.45) is 0. The molecule has 1 amide bonds. The summed E-state index contributed by atoms with van der Waals surface area (Å²) in [5.74, 6) is -0.314. The molecule has 0 fully saturated rings. The molecule has 0 spiro atoms. The molecule has 0 saturated carbocycles. The molecule has 0 unspecified atom stereocenters. The summed E-state index contributed by atoms with van der Waals surface area (Å²) in [4.78, 5) is 12.5. The molecule has 9 heteroatoms. The van der Waals surface area contributed by atoms with E-state index in [2.05, 4.69) is 15.5 Å². The molecule has 0 aliphatic carbocycles. The maximum absolute atomic E-state index is 14.4. The number of amides is 1. The zero-order valence-electron chi connectivity index (χ0n) is 16.5. The summed E-state index contributed by atoms with van der Waals surface area (Å²) in [7, 11) is 0. The smallest absolute Gasteiger partial charge is 0.234 e. The molecule has 0 aliphatic heterocycles. The summed E-state index contributed by atoms with van der Waals surface area (Å²) in [6, 6.07) is 22.3. The first-order valence-electron chi connectivity index (χ1n) is 9.45. The van der Waals surface area contributed by atoms with Gasteiger partial charge in [-0.3, -0.25) is 9.36 Å². The predicted molar refractivity (Wildman–Crippen MR) is 122 cm³/mol. The van der Waals surface area contributed by atoms with E-state index >= 15 is 0 Å². The van der Waals surface area contributed by atoms with Crippen molar-refractivity contribution in [2.45, 2.75) is 5.16 Å². The summed E-state index contributed by atoms with van der Waals surface area (Å²) in [5.41, 5.74) is 1.87. The number of anilines is 1. The quantitative estimate of drug-likeness (QED) is 0.391. The highest BCUT2D eigenvalue weighted by atomic mass is 35.5. The number of para-hydroxylation sites is 1. The minimum atomic E-state index is -0.413. The highest BCUT2D eigenvalue weighted by molar-refractivity contribution is 7.99. The van der Waals surface area contributed by atoms with E-state index in [0.29, 0.717) is 27.8 Å². The molecular formula is C23H15ClFN5OS. The van der Waals surface area contributed by atoms with Crippen LogP contribution < -0.4 is 5.32 Å². The van der Waals surface area contributed by atoms with Gasteiger partial charge in [0, 0.05) is 11.4 Å². The monoisotopic (exact) mass is 463 g/mol. The molecule has 3 aromatic carbocycles. The second-order valence-corrected chi connectivity index (χ2v) is 7.95. The Morgan fingerprint density at radius 3 is 2.56 bits per heavy atom. The van der Waals surface area contributed by atoms with Gasteiger partial charge in [-0.1, -0.05) is 53.7 Å². The molecule has 0 saturated heterocycles. The number of aromatic nitrogens is 3. The van der Waals surface area contributed by atoms with Crippen LogP contribution >= 0.6 is 23.4 Å². The number of halogens is 2. The van der Waals surface area contributed by atoms with E-state index < -0.39 is 5.82 Å². The molecule has 4 aromatic rings. The fourth-order valence-corrected chi connectivity index (χ4v) is 3.98. The van der Waals surface area contributed by atoms with Gasteiger partial charge in [-0.15, -0.1) is 10.2 Å². The minimum Gasteiger partial charge on any atom is -0.325 e. The molecule has 6 nitrogen and oxygen atoms in total. The molecule has 1 N–H and O–H groups in total. The van der Waals surface area contributed by atoms with E-state index in [-0.39, 0.29) is 16.7 Å². The van der Waals surface area contributed by atoms with Crippen molar-refractivity contribution < 1.29 is 9.18 Å². The van der Waals surface area contributed by atoms with E-state index in [1.165, 1.54) is 30.0 Å². The van der Waals surface area contributed by atoms with E-state index in [1.54, 1.807) is 28.8 Å². The highest BCUT2D eigenvalue weighted by Crippen LogP contribution is 2.29. The average molecular weight is 464 g/mol. The largest absolute Gasteiger partial charge is 0.325 e. The van der Waals surface area contributed by atoms with Crippen LogP contribution in [-0.2, 0) is 4.79 Å². The van der Waals surface area contributed by atoms with Crippen molar-refractivity contribution in [3.63, 3.8) is 0 Å². The first-order chi connectivity index (χ1) is 15.6. The molecule has 0 radical (unpaired) electrons. The number of nitrogens with one attached hydrogen (secondary N) is 1. The lowest BCUT2D eigenvalue weighted by Gasteiger charge is -2.11. The third kappa shape index (κ3) is 4.64. The fourth-order valence-electron chi connectivity index (χ4n) is 3.00. The minimum absolute atomic E-state index is 0.0415. The second-order valence-electron chi connectivity index (χ2n) is 6.60. The second kappa shape index (κ2) is 9.64. The first kappa shape index (κ1) is 21.6. The number of carbonyl (C=O) groups is 1. The van der Waals surface area contributed by atoms with Gasteiger partial charge < -0.3 is 5.32 Å². The Kier molecular flexibility index (Phi) is 6.50. The standard InChI is InChI=1S/C23H15ClFN5OS/c24-19-12-16(11-10-15(19)13-26)27-21(31)14-32-23-29-28-22(18-8-4-5-9-20(18)25)30(23)17-6-2-1-3-7-17/h1-12H,14H2,(H,27,31). The van der Waals surface area contributed by atoms with Crippen LogP contribution in [0.2, 0.25) is 5.02 Å². The van der Waals surface area contributed by atoms with Gasteiger partial charge in [0.2, 0.25) is 5.91 Å². The molecular weight excluding hydrogens is 449 g/mol. The Morgan fingerprint density at radius 2 is 1.84 bits per heavy atom. The molecule has 0 aliphatic rings. The Morgan fingerprint density at radius 1 is 1.09 bits per heavy atom. The van der Waals surface area contributed by atoms with Crippen LogP contribution in [0.3, 0.4) is 0 Å². The first-order valence-corrected chi connectivity index (χ1v) is 10.8. The number of nitrogens with zero attached hydrogens (tertiary/aromatic N) is 4. The summed E-state index contributed by atoms with van der Waals surface area (Å²) in [6.45, 7) is 0. The van der Waals surface area contributed by atoms with Crippen LogP contribution in [0, 0.1) is 17.1 Å². The number of thioether (sulfide) groups is 1.